The zero-order chi connectivity index (χ0) is 30.8. The normalized spacial score (nSPS) is 21.1. The summed E-state index contributed by atoms with van der Waals surface area (Å²) >= 11 is 0. The number of aromatic nitrogens is 1. The number of carbonyl (C=O) groups is 5. The number of carbonyl (C=O) groups excluding carboxylic acids is 5. The second-order valence-corrected chi connectivity index (χ2v) is 11.8. The minimum absolute atomic E-state index is 0.0697. The first-order valence-corrected chi connectivity index (χ1v) is 15.2. The maximum atomic E-state index is 14.1. The number of rotatable bonds is 11. The summed E-state index contributed by atoms with van der Waals surface area (Å²) in [6, 6.07) is 5.23. The Morgan fingerprint density at radius 1 is 1.00 bits per heavy atom. The van der Waals surface area contributed by atoms with Gasteiger partial charge in [0.2, 0.25) is 23.6 Å². The fourth-order valence-corrected chi connectivity index (χ4v) is 5.33. The number of para-hydroxylation sites is 1. The van der Waals surface area contributed by atoms with Crippen LogP contribution in [0.5, 0.6) is 0 Å². The van der Waals surface area contributed by atoms with Gasteiger partial charge in [-0.05, 0) is 37.3 Å². The number of likely N-dealkylation sites (N-methyl/N-ethyl adjacent to an activating group) is 1. The molecule has 0 bridgehead atoms. The highest BCUT2D eigenvalue weighted by Gasteiger charge is 2.33. The van der Waals surface area contributed by atoms with E-state index >= 15 is 0 Å². The Balaban J connectivity index is 1.92. The topological polar surface area (TPSA) is 132 Å². The van der Waals surface area contributed by atoms with Gasteiger partial charge < -0.3 is 25.4 Å². The molecule has 10 nitrogen and oxygen atoms in total. The largest absolute Gasteiger partial charge is 0.361 e. The van der Waals surface area contributed by atoms with Crippen LogP contribution >= 0.6 is 0 Å². The van der Waals surface area contributed by atoms with Crippen LogP contribution in [0.25, 0.3) is 10.9 Å². The van der Waals surface area contributed by atoms with Crippen molar-refractivity contribution < 1.29 is 24.0 Å². The first kappa shape index (κ1) is 32.8. The Kier molecular flexibility index (Phi) is 12.1. The molecule has 0 radical (unpaired) electrons. The maximum absolute atomic E-state index is 14.1. The summed E-state index contributed by atoms with van der Waals surface area (Å²) in [6.07, 6.45) is 5.61. The summed E-state index contributed by atoms with van der Waals surface area (Å²) in [5, 5.41) is 6.78. The Bertz CT molecular complexity index is 1250. The molecule has 10 heteroatoms. The van der Waals surface area contributed by atoms with E-state index in [0.717, 1.165) is 22.9 Å². The first-order valence-electron chi connectivity index (χ1n) is 15.2. The van der Waals surface area contributed by atoms with Gasteiger partial charge in [0.15, 0.2) is 0 Å². The number of benzene rings is 1. The van der Waals surface area contributed by atoms with E-state index in [2.05, 4.69) is 15.6 Å². The molecule has 2 heterocycles. The monoisotopic (exact) mass is 581 g/mol. The predicted molar refractivity (Wildman–Crippen MR) is 163 cm³/mol. The van der Waals surface area contributed by atoms with Crippen molar-refractivity contribution in [3.63, 3.8) is 0 Å². The average molecular weight is 582 g/mol. The van der Waals surface area contributed by atoms with Crippen molar-refractivity contribution in [2.45, 2.75) is 97.2 Å². The third-order valence-electron chi connectivity index (χ3n) is 8.04. The summed E-state index contributed by atoms with van der Waals surface area (Å²) in [7, 11) is 1.57. The molecule has 42 heavy (non-hydrogen) atoms. The van der Waals surface area contributed by atoms with Gasteiger partial charge >= 0.3 is 0 Å². The summed E-state index contributed by atoms with van der Waals surface area (Å²) in [5.41, 5.74) is 1.83. The molecule has 1 aromatic carbocycles. The van der Waals surface area contributed by atoms with E-state index in [1.807, 2.05) is 51.2 Å². The van der Waals surface area contributed by atoms with Gasteiger partial charge in [-0.2, -0.15) is 0 Å². The van der Waals surface area contributed by atoms with Crippen molar-refractivity contribution in [1.29, 1.82) is 0 Å². The van der Waals surface area contributed by atoms with Gasteiger partial charge in [-0.15, -0.1) is 0 Å². The average Bonchev–Trinajstić information content (AvgIpc) is 3.38. The van der Waals surface area contributed by atoms with Crippen molar-refractivity contribution >= 4 is 40.3 Å². The second kappa shape index (κ2) is 15.5. The molecule has 2 aromatic rings. The second-order valence-electron chi connectivity index (χ2n) is 11.8. The summed E-state index contributed by atoms with van der Waals surface area (Å²) in [4.78, 5) is 72.0. The molecule has 1 aliphatic heterocycles. The highest BCUT2D eigenvalue weighted by molar-refractivity contribution is 5.95. The van der Waals surface area contributed by atoms with Crippen LogP contribution < -0.4 is 10.6 Å². The molecule has 0 unspecified atom stereocenters. The number of hydrogen-bond donors (Lipinski definition) is 3. The van der Waals surface area contributed by atoms with Gasteiger partial charge in [0.25, 0.3) is 0 Å². The molecule has 3 N–H and O–H groups in total. The third-order valence-corrected chi connectivity index (χ3v) is 8.04. The number of amides is 4. The molecule has 230 valence electrons. The lowest BCUT2D eigenvalue weighted by Gasteiger charge is -2.30. The van der Waals surface area contributed by atoms with Crippen molar-refractivity contribution in [3.05, 3.63) is 36.0 Å². The van der Waals surface area contributed by atoms with E-state index in [1.165, 1.54) is 4.90 Å². The Morgan fingerprint density at radius 2 is 1.71 bits per heavy atom. The Labute approximate surface area is 249 Å². The fourth-order valence-electron chi connectivity index (χ4n) is 5.33. The van der Waals surface area contributed by atoms with E-state index in [9.17, 15) is 24.0 Å². The number of fused-ring (bicyclic) bond motifs is 1. The fraction of sp³-hybridized carbons (Fsp3) is 0.594. The number of ketones is 1. The summed E-state index contributed by atoms with van der Waals surface area (Å²) in [6.45, 7) is 8.11. The molecule has 0 aliphatic carbocycles. The molecule has 1 aliphatic rings. The van der Waals surface area contributed by atoms with Crippen LogP contribution in [0.4, 0.5) is 0 Å². The number of aromatic amines is 1. The standard InChI is InChI=1S/C32H47N5O5/c1-6-24(38)12-8-7-9-15-27-31(41)35-28(18-23-19-33-26-14-11-10-13-25(23)26)32(42)37(20-21(2)3)17-16-29(39)36(5)22(4)30(40)34-27/h10-11,13-14,19,21-22,27-28,33H,6-9,12,15-18,20H2,1-5H3,(H,34,40)(H,35,41)/t22-,27-,28-/m0/s1. The number of Topliss-reactive ketones (excluding diaryl/α,β-unsaturated/α-hetero) is 1. The van der Waals surface area contributed by atoms with Crippen LogP contribution in [0.1, 0.15) is 78.2 Å². The van der Waals surface area contributed by atoms with Gasteiger partial charge in [0.1, 0.15) is 23.9 Å². The molecular formula is C32H47N5O5. The van der Waals surface area contributed by atoms with E-state index < -0.39 is 29.9 Å². The van der Waals surface area contributed by atoms with Crippen molar-refractivity contribution in [2.24, 2.45) is 5.92 Å². The molecular weight excluding hydrogens is 534 g/mol. The highest BCUT2D eigenvalue weighted by atomic mass is 16.2. The third kappa shape index (κ3) is 8.90. The molecule has 4 amide bonds. The van der Waals surface area contributed by atoms with Gasteiger partial charge in [-0.1, -0.05) is 51.8 Å². The molecule has 1 fully saturated rings. The van der Waals surface area contributed by atoms with Crippen molar-refractivity contribution in [2.75, 3.05) is 20.1 Å². The predicted octanol–water partition coefficient (Wildman–Crippen LogP) is 3.34. The van der Waals surface area contributed by atoms with Gasteiger partial charge in [0.05, 0.1) is 0 Å². The highest BCUT2D eigenvalue weighted by Crippen LogP contribution is 2.21. The quantitative estimate of drug-likeness (QED) is 0.350. The van der Waals surface area contributed by atoms with Crippen LogP contribution in [0, 0.1) is 5.92 Å². The van der Waals surface area contributed by atoms with Crippen LogP contribution in [-0.2, 0) is 30.4 Å². The minimum Gasteiger partial charge on any atom is -0.361 e. The van der Waals surface area contributed by atoms with E-state index in [0.29, 0.717) is 38.6 Å². The van der Waals surface area contributed by atoms with E-state index in [-0.39, 0.29) is 42.9 Å². The van der Waals surface area contributed by atoms with Crippen LogP contribution in [0.3, 0.4) is 0 Å². The smallest absolute Gasteiger partial charge is 0.245 e. The van der Waals surface area contributed by atoms with Crippen LogP contribution in [0.2, 0.25) is 0 Å². The van der Waals surface area contributed by atoms with Crippen molar-refractivity contribution in [1.82, 2.24) is 25.4 Å². The zero-order valence-corrected chi connectivity index (χ0v) is 25.7. The Hall–Kier alpha value is -3.69. The number of hydrogen-bond acceptors (Lipinski definition) is 5. The molecule has 1 aromatic heterocycles. The lowest BCUT2D eigenvalue weighted by molar-refractivity contribution is -0.140. The summed E-state index contributed by atoms with van der Waals surface area (Å²) < 4.78 is 0. The molecule has 0 saturated carbocycles. The first-order chi connectivity index (χ1) is 20.0. The van der Waals surface area contributed by atoms with Crippen molar-refractivity contribution in [3.8, 4) is 0 Å². The lowest BCUT2D eigenvalue weighted by atomic mass is 10.0. The van der Waals surface area contributed by atoms with Gasteiger partial charge in [-0.3, -0.25) is 24.0 Å². The maximum Gasteiger partial charge on any atom is 0.245 e. The molecule has 3 atom stereocenters. The van der Waals surface area contributed by atoms with Gasteiger partial charge in [0, 0.05) is 62.9 Å². The number of nitrogens with zero attached hydrogens (tertiary/aromatic N) is 2. The van der Waals surface area contributed by atoms with Crippen LogP contribution in [-0.4, -0.2) is 82.5 Å². The van der Waals surface area contributed by atoms with E-state index in [1.54, 1.807) is 18.9 Å². The minimum atomic E-state index is -0.886. The zero-order valence-electron chi connectivity index (χ0n) is 25.7. The molecule has 0 spiro atoms. The number of unbranched alkanes of at least 4 members (excludes halogenated alkanes) is 2. The Morgan fingerprint density at radius 3 is 2.43 bits per heavy atom. The van der Waals surface area contributed by atoms with Gasteiger partial charge in [-0.25, -0.2) is 0 Å². The number of nitrogens with one attached hydrogen (secondary N) is 3. The summed E-state index contributed by atoms with van der Waals surface area (Å²) in [5.74, 6) is -1.01. The SMILES string of the molecule is CCC(=O)CCCCC[C@@H]1NC(=O)[C@H](C)N(C)C(=O)CCN(CC(C)C)C(=O)[C@H](Cc2c[nH]c3ccccc23)NC1=O. The van der Waals surface area contributed by atoms with E-state index in [4.69, 9.17) is 0 Å². The number of H-pyrrole nitrogens is 1. The lowest BCUT2D eigenvalue weighted by Crippen LogP contribution is -2.56. The molecule has 1 saturated heterocycles. The molecule has 3 rings (SSSR count). The van der Waals surface area contributed by atoms with Crippen LogP contribution in [0.15, 0.2) is 30.5 Å².